The van der Waals surface area contributed by atoms with E-state index in [0.717, 1.165) is 0 Å². The first-order valence-corrected chi connectivity index (χ1v) is 3.48. The van der Waals surface area contributed by atoms with Crippen molar-refractivity contribution in [3.05, 3.63) is 0 Å². The first-order valence-electron chi connectivity index (χ1n) is 2.56. The molecule has 4 heteroatoms. The van der Waals surface area contributed by atoms with E-state index in [-0.39, 0.29) is 4.83 Å². The van der Waals surface area contributed by atoms with Crippen molar-refractivity contribution >= 4 is 21.9 Å². The van der Waals surface area contributed by atoms with Gasteiger partial charge in [-0.15, -0.1) is 0 Å². The number of hydrogen-bond donors (Lipinski definition) is 1. The lowest BCUT2D eigenvalue weighted by Crippen LogP contribution is -2.19. The molecule has 0 aliphatic heterocycles. The highest BCUT2D eigenvalue weighted by Crippen LogP contribution is 2.00. The zero-order valence-electron chi connectivity index (χ0n) is 5.30. The Morgan fingerprint density at radius 3 is 2.22 bits per heavy atom. The zero-order chi connectivity index (χ0) is 7.44. The van der Waals surface area contributed by atoms with Crippen LogP contribution < -0.4 is 0 Å². The van der Waals surface area contributed by atoms with Gasteiger partial charge in [-0.2, -0.15) is 0 Å². The third-order valence-corrected chi connectivity index (χ3v) is 0.985. The number of aliphatic hydroxyl groups is 1. The van der Waals surface area contributed by atoms with Crippen LogP contribution in [-0.2, 0) is 9.53 Å². The van der Waals surface area contributed by atoms with Crippen LogP contribution in [0.5, 0.6) is 0 Å². The van der Waals surface area contributed by atoms with Crippen LogP contribution in [0.15, 0.2) is 0 Å². The van der Waals surface area contributed by atoms with Gasteiger partial charge in [0.2, 0.25) is 0 Å². The highest BCUT2D eigenvalue weighted by molar-refractivity contribution is 9.10. The Labute approximate surface area is 62.1 Å². The lowest BCUT2D eigenvalue weighted by Gasteiger charge is -2.06. The number of ether oxygens (including phenoxy) is 1. The number of halogens is 1. The Hall–Kier alpha value is -0.0900. The van der Waals surface area contributed by atoms with E-state index in [9.17, 15) is 4.79 Å². The van der Waals surface area contributed by atoms with Gasteiger partial charge in [0, 0.05) is 0 Å². The summed E-state index contributed by atoms with van der Waals surface area (Å²) in [6.45, 7) is 3.01. The first kappa shape index (κ1) is 8.91. The SMILES string of the molecule is CC(O)OC(=O)C(C)Br. The van der Waals surface area contributed by atoms with Crippen molar-refractivity contribution in [2.45, 2.75) is 25.0 Å². The number of esters is 1. The molecule has 0 saturated carbocycles. The molecule has 2 unspecified atom stereocenters. The smallest absolute Gasteiger partial charge is 0.321 e. The van der Waals surface area contributed by atoms with Crippen molar-refractivity contribution in [1.82, 2.24) is 0 Å². The van der Waals surface area contributed by atoms with Crippen molar-refractivity contribution in [2.24, 2.45) is 0 Å². The quantitative estimate of drug-likeness (QED) is 0.401. The molecule has 0 rings (SSSR count). The lowest BCUT2D eigenvalue weighted by molar-refractivity contribution is -0.163. The molecular weight excluding hydrogens is 188 g/mol. The standard InChI is InChI=1S/C5H9BrO3/c1-3(6)5(8)9-4(2)7/h3-4,7H,1-2H3. The van der Waals surface area contributed by atoms with E-state index in [1.807, 2.05) is 0 Å². The van der Waals surface area contributed by atoms with E-state index in [0.29, 0.717) is 0 Å². The first-order chi connectivity index (χ1) is 4.04. The van der Waals surface area contributed by atoms with Gasteiger partial charge in [0.15, 0.2) is 6.29 Å². The Morgan fingerprint density at radius 1 is 1.67 bits per heavy atom. The van der Waals surface area contributed by atoms with E-state index in [2.05, 4.69) is 20.7 Å². The van der Waals surface area contributed by atoms with E-state index in [1.54, 1.807) is 6.92 Å². The summed E-state index contributed by atoms with van der Waals surface area (Å²) in [6, 6.07) is 0. The van der Waals surface area contributed by atoms with Crippen LogP contribution in [0.25, 0.3) is 0 Å². The Balaban J connectivity index is 3.51. The van der Waals surface area contributed by atoms with E-state index in [4.69, 9.17) is 5.11 Å². The predicted octanol–water partition coefficient (Wildman–Crippen LogP) is 0.651. The van der Waals surface area contributed by atoms with E-state index in [1.165, 1.54) is 6.92 Å². The number of carbonyl (C=O) groups is 1. The van der Waals surface area contributed by atoms with Gasteiger partial charge in [-0.05, 0) is 13.8 Å². The third kappa shape index (κ3) is 4.42. The van der Waals surface area contributed by atoms with Crippen LogP contribution >= 0.6 is 15.9 Å². The Bertz CT molecular complexity index is 100. The van der Waals surface area contributed by atoms with Crippen molar-refractivity contribution in [2.75, 3.05) is 0 Å². The normalized spacial score (nSPS) is 16.4. The summed E-state index contributed by atoms with van der Waals surface area (Å²) >= 11 is 2.98. The minimum Gasteiger partial charge on any atom is -0.435 e. The monoisotopic (exact) mass is 196 g/mol. The molecule has 0 aromatic carbocycles. The van der Waals surface area contributed by atoms with Crippen LogP contribution in [0.1, 0.15) is 13.8 Å². The van der Waals surface area contributed by atoms with Gasteiger partial charge < -0.3 is 9.84 Å². The predicted molar refractivity (Wildman–Crippen MR) is 36.2 cm³/mol. The second kappa shape index (κ2) is 3.85. The fraction of sp³-hybridized carbons (Fsp3) is 0.800. The minimum absolute atomic E-state index is 0.355. The molecule has 0 amide bonds. The van der Waals surface area contributed by atoms with Crippen LogP contribution in [0.3, 0.4) is 0 Å². The summed E-state index contributed by atoms with van der Waals surface area (Å²) in [5, 5.41) is 8.51. The van der Waals surface area contributed by atoms with Gasteiger partial charge in [0.1, 0.15) is 4.83 Å². The maximum Gasteiger partial charge on any atom is 0.321 e. The highest BCUT2D eigenvalue weighted by Gasteiger charge is 2.11. The molecule has 0 radical (unpaired) electrons. The summed E-state index contributed by atoms with van der Waals surface area (Å²) in [6.07, 6.45) is -1.02. The van der Waals surface area contributed by atoms with E-state index < -0.39 is 12.3 Å². The molecule has 3 nitrogen and oxygen atoms in total. The molecule has 9 heavy (non-hydrogen) atoms. The summed E-state index contributed by atoms with van der Waals surface area (Å²) < 4.78 is 4.38. The fourth-order valence-electron chi connectivity index (χ4n) is 0.262. The number of aliphatic hydroxyl groups excluding tert-OH is 1. The average molecular weight is 197 g/mol. The summed E-state index contributed by atoms with van der Waals surface area (Å²) in [7, 11) is 0. The van der Waals surface area contributed by atoms with Crippen LogP contribution in [0, 0.1) is 0 Å². The molecule has 0 heterocycles. The molecule has 0 saturated heterocycles. The fourth-order valence-corrected chi connectivity index (χ4v) is 0.370. The summed E-state index contributed by atoms with van der Waals surface area (Å²) in [5.41, 5.74) is 0. The summed E-state index contributed by atoms with van der Waals surface area (Å²) in [5.74, 6) is -0.454. The van der Waals surface area contributed by atoms with Gasteiger partial charge in [-0.3, -0.25) is 4.79 Å². The van der Waals surface area contributed by atoms with Crippen LogP contribution in [0.2, 0.25) is 0 Å². The van der Waals surface area contributed by atoms with Gasteiger partial charge in [0.05, 0.1) is 0 Å². The topological polar surface area (TPSA) is 46.5 Å². The molecule has 0 aliphatic rings. The maximum atomic E-state index is 10.5. The van der Waals surface area contributed by atoms with Crippen molar-refractivity contribution < 1.29 is 14.6 Å². The van der Waals surface area contributed by atoms with Gasteiger partial charge in [0.25, 0.3) is 0 Å². The van der Waals surface area contributed by atoms with Crippen molar-refractivity contribution in [3.63, 3.8) is 0 Å². The second-order valence-electron chi connectivity index (χ2n) is 1.65. The third-order valence-electron chi connectivity index (χ3n) is 0.611. The van der Waals surface area contributed by atoms with Gasteiger partial charge >= 0.3 is 5.97 Å². The number of hydrogen-bond acceptors (Lipinski definition) is 3. The zero-order valence-corrected chi connectivity index (χ0v) is 6.88. The molecule has 2 atom stereocenters. The molecule has 0 aromatic rings. The largest absolute Gasteiger partial charge is 0.435 e. The Kier molecular flexibility index (Phi) is 3.81. The molecule has 0 aliphatic carbocycles. The second-order valence-corrected chi connectivity index (χ2v) is 3.03. The highest BCUT2D eigenvalue weighted by atomic mass is 79.9. The molecule has 54 valence electrons. The maximum absolute atomic E-state index is 10.5. The molecule has 0 fully saturated rings. The number of alkyl halides is 1. The molecule has 0 spiro atoms. The van der Waals surface area contributed by atoms with Crippen molar-refractivity contribution in [1.29, 1.82) is 0 Å². The number of carbonyl (C=O) groups excluding carboxylic acids is 1. The van der Waals surface area contributed by atoms with Crippen molar-refractivity contribution in [3.8, 4) is 0 Å². The van der Waals surface area contributed by atoms with E-state index >= 15 is 0 Å². The van der Waals surface area contributed by atoms with Crippen LogP contribution in [-0.4, -0.2) is 22.2 Å². The molecular formula is C5H9BrO3. The number of rotatable bonds is 2. The molecule has 1 N–H and O–H groups in total. The average Bonchev–Trinajstić information content (AvgIpc) is 1.63. The van der Waals surface area contributed by atoms with Gasteiger partial charge in [-0.1, -0.05) is 15.9 Å². The van der Waals surface area contributed by atoms with Gasteiger partial charge in [-0.25, -0.2) is 0 Å². The summed E-state index contributed by atoms with van der Waals surface area (Å²) in [4.78, 5) is 10.2. The lowest BCUT2D eigenvalue weighted by atomic mass is 10.5. The Morgan fingerprint density at radius 2 is 2.11 bits per heavy atom. The molecule has 0 aromatic heterocycles. The minimum atomic E-state index is -1.02. The van der Waals surface area contributed by atoms with Crippen LogP contribution in [0.4, 0.5) is 0 Å². The molecule has 0 bridgehead atoms.